The zero-order chi connectivity index (χ0) is 31.3. The molecule has 8 heteroatoms. The number of hydrogen-bond acceptors (Lipinski definition) is 5. The molecule has 1 saturated heterocycles. The predicted molar refractivity (Wildman–Crippen MR) is 175 cm³/mol. The number of carbonyl (C=O) groups excluding carboxylic acids is 1. The first-order valence-corrected chi connectivity index (χ1v) is 15.0. The Kier molecular flexibility index (Phi) is 11.9. The molecule has 2 aromatic carbocycles. The first-order valence-electron chi connectivity index (χ1n) is 15.0. The van der Waals surface area contributed by atoms with Crippen LogP contribution >= 0.6 is 0 Å². The lowest BCUT2D eigenvalue weighted by atomic mass is 10.1. The molecule has 1 unspecified atom stereocenters. The van der Waals surface area contributed by atoms with Crippen LogP contribution in [-0.2, 0) is 17.8 Å². The summed E-state index contributed by atoms with van der Waals surface area (Å²) in [7, 11) is 1.77. The fourth-order valence-corrected chi connectivity index (χ4v) is 5.25. The van der Waals surface area contributed by atoms with E-state index in [2.05, 4.69) is 33.9 Å². The van der Waals surface area contributed by atoms with E-state index in [1.165, 1.54) is 5.56 Å². The topological polar surface area (TPSA) is 104 Å². The molecule has 0 saturated carbocycles. The SMILES string of the molecule is C=Cc1c(/C=C\Cc2ccccc2)oc(C(=O)NC/C=C\C(=NC)N2CCCC(OCc3cccc(C(=O)O)c3)CC2)c1C. The zero-order valence-corrected chi connectivity index (χ0v) is 25.5. The number of rotatable bonds is 12. The fraction of sp³-hybridized carbons (Fsp3) is 0.306. The van der Waals surface area contributed by atoms with E-state index >= 15 is 0 Å². The van der Waals surface area contributed by atoms with E-state index in [-0.39, 0.29) is 23.3 Å². The number of allylic oxidation sites excluding steroid dienone is 1. The normalized spacial score (nSPS) is 15.9. The van der Waals surface area contributed by atoms with Crippen molar-refractivity contribution in [2.75, 3.05) is 26.7 Å². The van der Waals surface area contributed by atoms with Crippen LogP contribution in [0.3, 0.4) is 0 Å². The van der Waals surface area contributed by atoms with Crippen molar-refractivity contribution in [3.05, 3.63) is 119 Å². The van der Waals surface area contributed by atoms with Crippen LogP contribution < -0.4 is 5.32 Å². The van der Waals surface area contributed by atoms with E-state index < -0.39 is 5.97 Å². The maximum atomic E-state index is 13.0. The van der Waals surface area contributed by atoms with Crippen molar-refractivity contribution in [1.29, 1.82) is 0 Å². The Labute approximate surface area is 259 Å². The summed E-state index contributed by atoms with van der Waals surface area (Å²) in [6.45, 7) is 8.13. The number of nitrogens with zero attached hydrogens (tertiary/aromatic N) is 2. The standard InChI is InChI=1S/C36H41N3O5/c1-4-31-26(2)34(44-32(31)18-9-14-27-12-6-5-7-13-27)35(40)38-21-10-19-33(37-3)39-22-11-17-30(20-23-39)43-25-28-15-8-16-29(24-28)36(41)42/h4-10,12-13,15-16,18-19,24,30H,1,11,14,17,20-23,25H2,2-3H3,(H,38,40)(H,41,42)/b18-9-,19-10-,37-33?. The Bertz CT molecular complexity index is 1520. The van der Waals surface area contributed by atoms with Gasteiger partial charge in [-0.2, -0.15) is 0 Å². The van der Waals surface area contributed by atoms with Gasteiger partial charge in [-0.3, -0.25) is 9.79 Å². The Morgan fingerprint density at radius 3 is 2.66 bits per heavy atom. The van der Waals surface area contributed by atoms with Crippen LogP contribution in [0.25, 0.3) is 12.2 Å². The molecule has 230 valence electrons. The summed E-state index contributed by atoms with van der Waals surface area (Å²) in [6, 6.07) is 17.0. The Morgan fingerprint density at radius 2 is 1.91 bits per heavy atom. The average molecular weight is 596 g/mol. The van der Waals surface area contributed by atoms with Gasteiger partial charge in [-0.15, -0.1) is 0 Å². The Balaban J connectivity index is 1.26. The molecule has 2 heterocycles. The van der Waals surface area contributed by atoms with E-state index in [0.29, 0.717) is 18.9 Å². The number of likely N-dealkylation sites (tertiary alicyclic amines) is 1. The van der Waals surface area contributed by atoms with Gasteiger partial charge in [-0.05, 0) is 68.0 Å². The summed E-state index contributed by atoms with van der Waals surface area (Å²) in [4.78, 5) is 30.9. The van der Waals surface area contributed by atoms with Crippen LogP contribution in [0.15, 0.2) is 88.8 Å². The van der Waals surface area contributed by atoms with Gasteiger partial charge >= 0.3 is 5.97 Å². The highest BCUT2D eigenvalue weighted by atomic mass is 16.5. The van der Waals surface area contributed by atoms with Gasteiger partial charge in [0.05, 0.1) is 18.3 Å². The molecule has 44 heavy (non-hydrogen) atoms. The van der Waals surface area contributed by atoms with Gasteiger partial charge < -0.3 is 24.5 Å². The number of carboxylic acid groups (broad SMARTS) is 1. The van der Waals surface area contributed by atoms with Crippen LogP contribution in [0.1, 0.15) is 68.2 Å². The Morgan fingerprint density at radius 1 is 1.11 bits per heavy atom. The molecule has 1 aromatic heterocycles. The number of ether oxygens (including phenoxy) is 1. The molecule has 0 aliphatic carbocycles. The summed E-state index contributed by atoms with van der Waals surface area (Å²) in [5.74, 6) is 0.530. The van der Waals surface area contributed by atoms with Crippen LogP contribution in [0, 0.1) is 6.92 Å². The van der Waals surface area contributed by atoms with Gasteiger partial charge in [0.25, 0.3) is 5.91 Å². The molecular formula is C36H41N3O5. The number of benzene rings is 2. The van der Waals surface area contributed by atoms with Crippen LogP contribution in [0.4, 0.5) is 0 Å². The van der Waals surface area contributed by atoms with Gasteiger partial charge in [-0.1, -0.05) is 67.3 Å². The number of nitrogens with one attached hydrogen (secondary N) is 1. The third kappa shape index (κ3) is 8.91. The number of amides is 1. The van der Waals surface area contributed by atoms with Crippen LogP contribution in [0.5, 0.6) is 0 Å². The highest BCUT2D eigenvalue weighted by Crippen LogP contribution is 2.25. The molecule has 0 spiro atoms. The molecular weight excluding hydrogens is 554 g/mol. The quantitative estimate of drug-likeness (QED) is 0.181. The van der Waals surface area contributed by atoms with Crippen LogP contribution in [0.2, 0.25) is 0 Å². The van der Waals surface area contributed by atoms with Gasteiger partial charge in [0.1, 0.15) is 11.6 Å². The highest BCUT2D eigenvalue weighted by Gasteiger charge is 2.20. The number of carbonyl (C=O) groups is 2. The molecule has 2 N–H and O–H groups in total. The van der Waals surface area contributed by atoms with E-state index in [1.807, 2.05) is 55.5 Å². The molecule has 3 aromatic rings. The first-order chi connectivity index (χ1) is 21.4. The van der Waals surface area contributed by atoms with E-state index in [0.717, 1.165) is 61.3 Å². The lowest BCUT2D eigenvalue weighted by Gasteiger charge is -2.22. The minimum Gasteiger partial charge on any atom is -0.478 e. The van der Waals surface area contributed by atoms with Gasteiger partial charge in [-0.25, -0.2) is 4.79 Å². The van der Waals surface area contributed by atoms with Crippen molar-refractivity contribution in [2.24, 2.45) is 4.99 Å². The largest absolute Gasteiger partial charge is 0.478 e. The second-order valence-electron chi connectivity index (χ2n) is 10.7. The third-order valence-electron chi connectivity index (χ3n) is 7.63. The number of hydrogen-bond donors (Lipinski definition) is 2. The van der Waals surface area contributed by atoms with Crippen LogP contribution in [-0.4, -0.2) is 60.5 Å². The molecule has 4 rings (SSSR count). The minimum absolute atomic E-state index is 0.0879. The average Bonchev–Trinajstić information content (AvgIpc) is 3.18. The van der Waals surface area contributed by atoms with Crippen molar-refractivity contribution < 1.29 is 23.8 Å². The lowest BCUT2D eigenvalue weighted by Crippen LogP contribution is -2.31. The van der Waals surface area contributed by atoms with E-state index in [9.17, 15) is 14.7 Å². The van der Waals surface area contributed by atoms with Gasteiger partial charge in [0.2, 0.25) is 0 Å². The van der Waals surface area contributed by atoms with Crippen molar-refractivity contribution in [2.45, 2.75) is 45.3 Å². The molecule has 0 bridgehead atoms. The third-order valence-corrected chi connectivity index (χ3v) is 7.63. The highest BCUT2D eigenvalue weighted by molar-refractivity contribution is 5.95. The minimum atomic E-state index is -0.939. The summed E-state index contributed by atoms with van der Waals surface area (Å²) < 4.78 is 12.1. The summed E-state index contributed by atoms with van der Waals surface area (Å²) in [5.41, 5.74) is 3.89. The summed E-state index contributed by atoms with van der Waals surface area (Å²) >= 11 is 0. The lowest BCUT2D eigenvalue weighted by molar-refractivity contribution is 0.0321. The second-order valence-corrected chi connectivity index (χ2v) is 10.7. The van der Waals surface area contributed by atoms with Crippen molar-refractivity contribution >= 4 is 29.9 Å². The predicted octanol–water partition coefficient (Wildman–Crippen LogP) is 6.57. The number of aromatic carboxylic acids is 1. The number of furan rings is 1. The fourth-order valence-electron chi connectivity index (χ4n) is 5.25. The summed E-state index contributed by atoms with van der Waals surface area (Å²) in [5, 5.41) is 12.1. The zero-order valence-electron chi connectivity index (χ0n) is 25.5. The number of carboxylic acids is 1. The molecule has 1 aliphatic heterocycles. The first kappa shape index (κ1) is 32.2. The monoisotopic (exact) mass is 595 g/mol. The van der Waals surface area contributed by atoms with Crippen molar-refractivity contribution in [3.63, 3.8) is 0 Å². The molecule has 1 amide bonds. The van der Waals surface area contributed by atoms with E-state index in [1.54, 1.807) is 31.3 Å². The number of aliphatic imine (C=N–C) groups is 1. The second kappa shape index (κ2) is 16.2. The molecule has 0 radical (unpaired) electrons. The smallest absolute Gasteiger partial charge is 0.335 e. The van der Waals surface area contributed by atoms with Gasteiger partial charge in [0.15, 0.2) is 5.76 Å². The maximum Gasteiger partial charge on any atom is 0.335 e. The molecule has 1 fully saturated rings. The van der Waals surface area contributed by atoms with Gasteiger partial charge in [0, 0.05) is 37.8 Å². The van der Waals surface area contributed by atoms with E-state index in [4.69, 9.17) is 9.15 Å². The molecule has 8 nitrogen and oxygen atoms in total. The molecule has 1 atom stereocenters. The Hall–Kier alpha value is -4.69. The van der Waals surface area contributed by atoms with Crippen molar-refractivity contribution in [1.82, 2.24) is 10.2 Å². The van der Waals surface area contributed by atoms with Crippen molar-refractivity contribution in [3.8, 4) is 0 Å². The summed E-state index contributed by atoms with van der Waals surface area (Å²) in [6.07, 6.45) is 13.0. The number of amidine groups is 1. The maximum absolute atomic E-state index is 13.0. The molecule has 1 aliphatic rings.